The van der Waals surface area contributed by atoms with Gasteiger partial charge >= 0.3 is 6.03 Å². The maximum absolute atomic E-state index is 11.8. The quantitative estimate of drug-likeness (QED) is 0.765. The first-order chi connectivity index (χ1) is 9.51. The van der Waals surface area contributed by atoms with Crippen molar-refractivity contribution >= 4 is 6.03 Å². The van der Waals surface area contributed by atoms with Crippen LogP contribution in [-0.4, -0.2) is 38.6 Å². The summed E-state index contributed by atoms with van der Waals surface area (Å²) in [6.45, 7) is 6.63. The topological polar surface area (TPSA) is 92.1 Å². The molecule has 2 rings (SSSR count). The van der Waals surface area contributed by atoms with Gasteiger partial charge in [0.05, 0.1) is 18.7 Å². The van der Waals surface area contributed by atoms with E-state index in [1.165, 1.54) is 0 Å². The number of aryl methyl sites for hydroxylation is 1. The van der Waals surface area contributed by atoms with Gasteiger partial charge in [0.2, 0.25) is 0 Å². The van der Waals surface area contributed by atoms with Gasteiger partial charge in [-0.3, -0.25) is 0 Å². The number of aliphatic hydroxyl groups excluding tert-OH is 1. The van der Waals surface area contributed by atoms with E-state index in [9.17, 15) is 4.79 Å². The second-order valence-electron chi connectivity index (χ2n) is 5.60. The van der Waals surface area contributed by atoms with Crippen molar-refractivity contribution in [3.63, 3.8) is 0 Å². The fourth-order valence-electron chi connectivity index (χ4n) is 2.22. The van der Waals surface area contributed by atoms with E-state index in [4.69, 9.17) is 5.11 Å². The minimum Gasteiger partial charge on any atom is -0.394 e. The summed E-state index contributed by atoms with van der Waals surface area (Å²) in [5.41, 5.74) is 0. The minimum atomic E-state index is -0.279. The lowest BCUT2D eigenvalue weighted by atomic mass is 10.1. The van der Waals surface area contributed by atoms with Crippen molar-refractivity contribution < 1.29 is 9.90 Å². The number of carbonyl (C=O) groups is 1. The van der Waals surface area contributed by atoms with Crippen LogP contribution in [0.1, 0.15) is 57.2 Å². The number of amides is 2. The number of carbonyl (C=O) groups excluding carboxylic acids is 1. The number of nitrogens with one attached hydrogen (secondary N) is 2. The van der Waals surface area contributed by atoms with Gasteiger partial charge in [-0.1, -0.05) is 13.8 Å². The van der Waals surface area contributed by atoms with E-state index in [1.807, 2.05) is 4.68 Å². The Morgan fingerprint density at radius 1 is 1.50 bits per heavy atom. The van der Waals surface area contributed by atoms with E-state index in [0.29, 0.717) is 0 Å². The van der Waals surface area contributed by atoms with E-state index in [-0.39, 0.29) is 30.6 Å². The molecule has 1 aliphatic rings. The Morgan fingerprint density at radius 3 is 2.90 bits per heavy atom. The zero-order valence-electron chi connectivity index (χ0n) is 12.3. The fourth-order valence-corrected chi connectivity index (χ4v) is 2.22. The third-order valence-corrected chi connectivity index (χ3v) is 3.36. The van der Waals surface area contributed by atoms with Gasteiger partial charge in [0.25, 0.3) is 0 Å². The van der Waals surface area contributed by atoms with Gasteiger partial charge in [-0.2, -0.15) is 5.10 Å². The molecule has 3 N–H and O–H groups in total. The van der Waals surface area contributed by atoms with Crippen LogP contribution in [0.25, 0.3) is 0 Å². The fraction of sp³-hybridized carbons (Fsp3) is 0.769. The van der Waals surface area contributed by atoms with Crippen molar-refractivity contribution in [2.75, 3.05) is 6.61 Å². The first-order valence-electron chi connectivity index (χ1n) is 7.13. The molecule has 2 atom stereocenters. The molecule has 1 aromatic rings. The van der Waals surface area contributed by atoms with Crippen LogP contribution in [0.4, 0.5) is 4.79 Å². The molecule has 0 bridgehead atoms. The van der Waals surface area contributed by atoms with Crippen LogP contribution in [0.5, 0.6) is 0 Å². The van der Waals surface area contributed by atoms with E-state index in [2.05, 4.69) is 34.6 Å². The highest BCUT2D eigenvalue weighted by atomic mass is 16.3. The Labute approximate surface area is 118 Å². The molecule has 7 heteroatoms. The van der Waals surface area contributed by atoms with Gasteiger partial charge in [0, 0.05) is 12.5 Å². The highest BCUT2D eigenvalue weighted by molar-refractivity contribution is 5.74. The summed E-state index contributed by atoms with van der Waals surface area (Å²) < 4.78 is 1.89. The largest absolute Gasteiger partial charge is 0.394 e. The van der Waals surface area contributed by atoms with Gasteiger partial charge < -0.3 is 15.7 Å². The summed E-state index contributed by atoms with van der Waals surface area (Å²) in [5.74, 6) is 1.92. The highest BCUT2D eigenvalue weighted by Crippen LogP contribution is 2.24. The van der Waals surface area contributed by atoms with Gasteiger partial charge in [-0.25, -0.2) is 14.5 Å². The molecule has 1 aromatic heterocycles. The van der Waals surface area contributed by atoms with Crippen molar-refractivity contribution in [3.8, 4) is 0 Å². The van der Waals surface area contributed by atoms with Crippen LogP contribution < -0.4 is 10.6 Å². The molecule has 112 valence electrons. The van der Waals surface area contributed by atoms with E-state index < -0.39 is 0 Å². The highest BCUT2D eigenvalue weighted by Gasteiger charge is 2.26. The number of hydrogen-bond donors (Lipinski definition) is 3. The molecule has 0 saturated heterocycles. The number of urea groups is 1. The molecule has 2 amide bonds. The zero-order chi connectivity index (χ0) is 14.7. The number of rotatable bonds is 4. The average molecular weight is 281 g/mol. The molecule has 1 unspecified atom stereocenters. The van der Waals surface area contributed by atoms with Gasteiger partial charge in [0.1, 0.15) is 5.82 Å². The van der Waals surface area contributed by atoms with Crippen LogP contribution >= 0.6 is 0 Å². The molecule has 0 spiro atoms. The van der Waals surface area contributed by atoms with Gasteiger partial charge in [0.15, 0.2) is 5.82 Å². The smallest absolute Gasteiger partial charge is 0.315 e. The molecule has 20 heavy (non-hydrogen) atoms. The standard InChI is InChI=1S/C13H23N5O2/c1-8(2)11-16-12-10(5-4-6-18(12)17-11)15-13(20)14-9(3)7-19/h8-10,19H,4-7H2,1-3H3,(H2,14,15,20)/t9-,10?/m0/s1. The molecule has 2 heterocycles. The second kappa shape index (κ2) is 6.21. The lowest BCUT2D eigenvalue weighted by Crippen LogP contribution is -2.44. The van der Waals surface area contributed by atoms with Crippen LogP contribution in [0, 0.1) is 0 Å². The van der Waals surface area contributed by atoms with Crippen LogP contribution in [0.3, 0.4) is 0 Å². The Kier molecular flexibility index (Phi) is 4.59. The molecule has 0 radical (unpaired) electrons. The summed E-state index contributed by atoms with van der Waals surface area (Å²) in [4.78, 5) is 16.4. The molecule has 0 aliphatic carbocycles. The Hall–Kier alpha value is -1.63. The number of fused-ring (bicyclic) bond motifs is 1. The predicted molar refractivity (Wildman–Crippen MR) is 74.3 cm³/mol. The van der Waals surface area contributed by atoms with Crippen molar-refractivity contribution in [1.29, 1.82) is 0 Å². The predicted octanol–water partition coefficient (Wildman–Crippen LogP) is 0.916. The molecule has 7 nitrogen and oxygen atoms in total. The van der Waals surface area contributed by atoms with Crippen LogP contribution in [0.15, 0.2) is 0 Å². The van der Waals surface area contributed by atoms with Crippen LogP contribution in [0.2, 0.25) is 0 Å². The Bertz CT molecular complexity index is 471. The number of aromatic nitrogens is 3. The lowest BCUT2D eigenvalue weighted by molar-refractivity contribution is 0.214. The summed E-state index contributed by atoms with van der Waals surface area (Å²) in [7, 11) is 0. The van der Waals surface area contributed by atoms with E-state index in [1.54, 1.807) is 6.92 Å². The molecule has 0 aromatic carbocycles. The van der Waals surface area contributed by atoms with Gasteiger partial charge in [-0.05, 0) is 19.8 Å². The minimum absolute atomic E-state index is 0.0776. The normalized spacial score (nSPS) is 19.6. The van der Waals surface area contributed by atoms with Crippen molar-refractivity contribution in [3.05, 3.63) is 11.6 Å². The first kappa shape index (κ1) is 14.8. The molecule has 0 saturated carbocycles. The van der Waals surface area contributed by atoms with Crippen LogP contribution in [-0.2, 0) is 6.54 Å². The van der Waals surface area contributed by atoms with Crippen molar-refractivity contribution in [2.45, 2.75) is 58.2 Å². The third kappa shape index (κ3) is 3.27. The zero-order valence-corrected chi connectivity index (χ0v) is 12.3. The van der Waals surface area contributed by atoms with E-state index >= 15 is 0 Å². The SMILES string of the molecule is CC(C)c1nc2n(n1)CCCC2NC(=O)N[C@@H](C)CO. The van der Waals surface area contributed by atoms with Gasteiger partial charge in [-0.15, -0.1) is 0 Å². The molecular weight excluding hydrogens is 258 g/mol. The number of aliphatic hydroxyl groups is 1. The molecular formula is C13H23N5O2. The molecule has 1 aliphatic heterocycles. The summed E-state index contributed by atoms with van der Waals surface area (Å²) in [6, 6.07) is -0.656. The second-order valence-corrected chi connectivity index (χ2v) is 5.60. The summed E-state index contributed by atoms with van der Waals surface area (Å²) in [6.07, 6.45) is 1.82. The number of hydrogen-bond acceptors (Lipinski definition) is 4. The maximum atomic E-state index is 11.8. The summed E-state index contributed by atoms with van der Waals surface area (Å²) in [5, 5.41) is 19.0. The monoisotopic (exact) mass is 281 g/mol. The van der Waals surface area contributed by atoms with Crippen molar-refractivity contribution in [1.82, 2.24) is 25.4 Å². The number of nitrogens with zero attached hydrogens (tertiary/aromatic N) is 3. The van der Waals surface area contributed by atoms with Crippen molar-refractivity contribution in [2.24, 2.45) is 0 Å². The third-order valence-electron chi connectivity index (χ3n) is 3.36. The first-order valence-corrected chi connectivity index (χ1v) is 7.13. The Balaban J connectivity index is 2.06. The van der Waals surface area contributed by atoms with E-state index in [0.717, 1.165) is 31.0 Å². The molecule has 0 fully saturated rings. The lowest BCUT2D eigenvalue weighted by Gasteiger charge is -2.24. The maximum Gasteiger partial charge on any atom is 0.315 e. The Morgan fingerprint density at radius 2 is 2.25 bits per heavy atom. The summed E-state index contributed by atoms with van der Waals surface area (Å²) >= 11 is 0. The average Bonchev–Trinajstić information content (AvgIpc) is 2.83.